The molecule has 0 bridgehead atoms. The van der Waals surface area contributed by atoms with Gasteiger partial charge in [0, 0.05) is 31.2 Å². The van der Waals surface area contributed by atoms with Gasteiger partial charge < -0.3 is 24.2 Å². The topological polar surface area (TPSA) is 112 Å². The fraction of sp³-hybridized carbons (Fsp3) is 0.531. The molecule has 4 atom stereocenters. The molecule has 0 saturated carbocycles. The van der Waals surface area contributed by atoms with Crippen molar-refractivity contribution >= 4 is 18.0 Å². The third-order valence-corrected chi connectivity index (χ3v) is 8.86. The van der Waals surface area contributed by atoms with Crippen molar-refractivity contribution in [2.75, 3.05) is 44.7 Å². The van der Waals surface area contributed by atoms with Gasteiger partial charge in [0.1, 0.15) is 30.0 Å². The van der Waals surface area contributed by atoms with Crippen molar-refractivity contribution in [3.8, 4) is 17.8 Å². The zero-order valence-electron chi connectivity index (χ0n) is 24.6. The molecule has 0 N–H and O–H groups in total. The summed E-state index contributed by atoms with van der Waals surface area (Å²) in [7, 11) is 2.08. The number of hydrogen-bond acceptors (Lipinski definition) is 9. The second-order valence-electron chi connectivity index (χ2n) is 11.6. The van der Waals surface area contributed by atoms with Crippen LogP contribution >= 0.6 is 0 Å². The number of nitrogens with zero attached hydrogens (tertiary/aromatic N) is 6. The minimum atomic E-state index is -0.327. The van der Waals surface area contributed by atoms with Crippen LogP contribution in [0.1, 0.15) is 54.2 Å². The average molecular weight is 573 g/mol. The third kappa shape index (κ3) is 6.41. The van der Waals surface area contributed by atoms with Gasteiger partial charge in [-0.25, -0.2) is 0 Å². The first-order valence-electron chi connectivity index (χ1n) is 14.9. The number of fused-ring (bicyclic) bond motifs is 1. The maximum Gasteiger partial charge on any atom is 0.319 e. The highest BCUT2D eigenvalue weighted by molar-refractivity contribution is 5.87. The average Bonchev–Trinajstić information content (AvgIpc) is 3.42. The predicted octanol–water partition coefficient (Wildman–Crippen LogP) is 3.45. The molecule has 3 unspecified atom stereocenters. The molecule has 2 saturated heterocycles. The van der Waals surface area contributed by atoms with Crippen LogP contribution in [-0.4, -0.2) is 90.0 Å². The van der Waals surface area contributed by atoms with Crippen molar-refractivity contribution in [3.05, 3.63) is 53.7 Å². The van der Waals surface area contributed by atoms with Crippen molar-refractivity contribution in [1.82, 2.24) is 19.8 Å². The number of nitriles is 1. The van der Waals surface area contributed by atoms with Crippen molar-refractivity contribution in [2.24, 2.45) is 5.92 Å². The van der Waals surface area contributed by atoms with Crippen LogP contribution in [-0.2, 0) is 17.6 Å². The van der Waals surface area contributed by atoms with Gasteiger partial charge in [0.2, 0.25) is 5.91 Å². The lowest BCUT2D eigenvalue weighted by molar-refractivity contribution is -0.128. The van der Waals surface area contributed by atoms with Gasteiger partial charge in [-0.2, -0.15) is 15.2 Å². The third-order valence-electron chi connectivity index (χ3n) is 8.86. The van der Waals surface area contributed by atoms with Crippen LogP contribution in [0.4, 0.5) is 5.82 Å². The van der Waals surface area contributed by atoms with Crippen molar-refractivity contribution < 1.29 is 19.1 Å². The Bertz CT molecular complexity index is 1340. The van der Waals surface area contributed by atoms with E-state index in [1.165, 1.54) is 11.6 Å². The molecule has 1 aromatic carbocycles. The summed E-state index contributed by atoms with van der Waals surface area (Å²) < 4.78 is 12.5. The van der Waals surface area contributed by atoms with E-state index < -0.39 is 0 Å². The molecule has 10 heteroatoms. The molecule has 0 spiro atoms. The SMILES string of the molecule is C=CC(=O)N1CCN(c2nc(OCC3CCCN3C)nc(C=O)c2CC[C@@H]2Oc3ccccc3CC2C)CC1CC#N. The summed E-state index contributed by atoms with van der Waals surface area (Å²) in [6.45, 7) is 8.61. The molecular weight excluding hydrogens is 532 g/mol. The molecule has 1 aromatic heterocycles. The van der Waals surface area contributed by atoms with Crippen LogP contribution in [0.5, 0.6) is 11.8 Å². The van der Waals surface area contributed by atoms with Gasteiger partial charge in [-0.05, 0) is 69.3 Å². The van der Waals surface area contributed by atoms with Crippen LogP contribution < -0.4 is 14.4 Å². The second kappa shape index (κ2) is 13.3. The van der Waals surface area contributed by atoms with E-state index in [0.29, 0.717) is 56.5 Å². The predicted molar refractivity (Wildman–Crippen MR) is 159 cm³/mol. The summed E-state index contributed by atoms with van der Waals surface area (Å²) in [5.41, 5.74) is 2.26. The van der Waals surface area contributed by atoms with E-state index in [4.69, 9.17) is 14.5 Å². The molecule has 2 fully saturated rings. The Labute approximate surface area is 247 Å². The molecule has 0 aliphatic carbocycles. The Kier molecular flexibility index (Phi) is 9.38. The fourth-order valence-electron chi connectivity index (χ4n) is 6.40. The summed E-state index contributed by atoms with van der Waals surface area (Å²) in [4.78, 5) is 40.4. The number of benzene rings is 1. The molecular formula is C32H40N6O4. The lowest BCUT2D eigenvalue weighted by Gasteiger charge is -2.41. The molecule has 1 amide bonds. The number of amides is 1. The number of piperazine rings is 1. The van der Waals surface area contributed by atoms with Crippen molar-refractivity contribution in [3.63, 3.8) is 0 Å². The van der Waals surface area contributed by atoms with Gasteiger partial charge in [0.15, 0.2) is 6.29 Å². The molecule has 5 rings (SSSR count). The summed E-state index contributed by atoms with van der Waals surface area (Å²) in [5.74, 6) is 1.65. The van der Waals surface area contributed by atoms with E-state index in [-0.39, 0.29) is 36.5 Å². The highest BCUT2D eigenvalue weighted by Crippen LogP contribution is 2.34. The van der Waals surface area contributed by atoms with Gasteiger partial charge in [0.05, 0.1) is 18.5 Å². The number of hydrogen-bond donors (Lipinski definition) is 0. The molecule has 222 valence electrons. The van der Waals surface area contributed by atoms with Crippen LogP contribution in [0.25, 0.3) is 0 Å². The smallest absolute Gasteiger partial charge is 0.319 e. The minimum Gasteiger partial charge on any atom is -0.490 e. The van der Waals surface area contributed by atoms with E-state index in [2.05, 4.69) is 47.5 Å². The zero-order valence-corrected chi connectivity index (χ0v) is 24.6. The number of aldehydes is 1. The Morgan fingerprint density at radius 2 is 2.07 bits per heavy atom. The molecule has 3 aliphatic rings. The number of likely N-dealkylation sites (tertiary alicyclic amines) is 1. The monoisotopic (exact) mass is 572 g/mol. The number of likely N-dealkylation sites (N-methyl/N-ethyl adjacent to an activating group) is 1. The summed E-state index contributed by atoms with van der Waals surface area (Å²) in [6, 6.07) is 10.5. The van der Waals surface area contributed by atoms with Crippen LogP contribution in [0, 0.1) is 17.2 Å². The quantitative estimate of drug-likeness (QED) is 0.312. The lowest BCUT2D eigenvalue weighted by Crippen LogP contribution is -2.55. The molecule has 4 heterocycles. The summed E-state index contributed by atoms with van der Waals surface area (Å²) in [6.07, 6.45) is 6.56. The minimum absolute atomic E-state index is 0.0190. The Morgan fingerprint density at radius 1 is 1.24 bits per heavy atom. The molecule has 2 aromatic rings. The maximum absolute atomic E-state index is 12.5. The second-order valence-corrected chi connectivity index (χ2v) is 11.6. The van der Waals surface area contributed by atoms with Gasteiger partial charge in [-0.15, -0.1) is 0 Å². The first-order chi connectivity index (χ1) is 20.4. The Morgan fingerprint density at radius 3 is 2.81 bits per heavy atom. The number of para-hydroxylation sites is 1. The van der Waals surface area contributed by atoms with E-state index in [0.717, 1.165) is 43.4 Å². The van der Waals surface area contributed by atoms with Crippen molar-refractivity contribution in [2.45, 2.75) is 63.6 Å². The van der Waals surface area contributed by atoms with Gasteiger partial charge in [-0.3, -0.25) is 9.59 Å². The number of anilines is 1. The van der Waals surface area contributed by atoms with Gasteiger partial charge >= 0.3 is 6.01 Å². The number of ether oxygens (including phenoxy) is 2. The molecule has 3 aliphatic heterocycles. The normalized spacial score (nSPS) is 23.9. The van der Waals surface area contributed by atoms with Gasteiger partial charge in [0.25, 0.3) is 0 Å². The summed E-state index contributed by atoms with van der Waals surface area (Å²) >= 11 is 0. The highest BCUT2D eigenvalue weighted by Gasteiger charge is 2.33. The standard InChI is InChI=1S/C32H40N6O4/c1-4-30(40)38-17-16-37(19-24(38)13-14-33)31-26(11-12-28-22(2)18-23-8-5-6-10-29(23)42-28)27(20-39)34-32(35-31)41-21-25-9-7-15-36(25)3/h4-6,8,10,20,22,24-25,28H,1,7,9,11-13,15-19,21H2,2-3H3/t22?,24?,25?,28-/m0/s1. The number of carbonyl (C=O) groups is 2. The number of rotatable bonds is 10. The van der Waals surface area contributed by atoms with E-state index in [1.807, 2.05) is 18.2 Å². The molecule has 10 nitrogen and oxygen atoms in total. The zero-order chi connectivity index (χ0) is 29.6. The lowest BCUT2D eigenvalue weighted by atomic mass is 9.89. The maximum atomic E-state index is 12.5. The van der Waals surface area contributed by atoms with Crippen LogP contribution in [0.2, 0.25) is 0 Å². The fourth-order valence-corrected chi connectivity index (χ4v) is 6.40. The van der Waals surface area contributed by atoms with E-state index in [1.54, 1.807) is 4.90 Å². The largest absolute Gasteiger partial charge is 0.490 e. The first-order valence-corrected chi connectivity index (χ1v) is 14.9. The Balaban J connectivity index is 1.42. The van der Waals surface area contributed by atoms with E-state index >= 15 is 0 Å². The Hall–Kier alpha value is -3.97. The number of carbonyl (C=O) groups excluding carboxylic acids is 2. The highest BCUT2D eigenvalue weighted by atomic mass is 16.5. The van der Waals surface area contributed by atoms with Gasteiger partial charge in [-0.1, -0.05) is 31.7 Å². The van der Waals surface area contributed by atoms with Crippen LogP contribution in [0.3, 0.4) is 0 Å². The molecule has 42 heavy (non-hydrogen) atoms. The summed E-state index contributed by atoms with van der Waals surface area (Å²) in [5, 5.41) is 9.50. The molecule has 0 radical (unpaired) electrons. The first kappa shape index (κ1) is 29.5. The van der Waals surface area contributed by atoms with Crippen LogP contribution in [0.15, 0.2) is 36.9 Å². The van der Waals surface area contributed by atoms with Crippen molar-refractivity contribution in [1.29, 1.82) is 5.26 Å². The van der Waals surface area contributed by atoms with E-state index in [9.17, 15) is 14.9 Å². The number of aromatic nitrogens is 2.